The average molecular weight is 415 g/mol. The number of fused-ring (bicyclic) bond motifs is 1. The van der Waals surface area contributed by atoms with Crippen LogP contribution in [0.4, 0.5) is 11.8 Å². The van der Waals surface area contributed by atoms with Crippen molar-refractivity contribution in [3.05, 3.63) is 29.7 Å². The first-order valence-electron chi connectivity index (χ1n) is 10.1. The van der Waals surface area contributed by atoms with Crippen LogP contribution in [0, 0.1) is 0 Å². The van der Waals surface area contributed by atoms with Crippen LogP contribution in [0.15, 0.2) is 18.5 Å². The van der Waals surface area contributed by atoms with Gasteiger partial charge >= 0.3 is 0 Å². The number of nitrogens with two attached hydrogens (primary N) is 1. The Hall–Kier alpha value is -2.98. The lowest BCUT2D eigenvalue weighted by molar-refractivity contribution is 0.301. The van der Waals surface area contributed by atoms with Crippen molar-refractivity contribution in [3.63, 3.8) is 0 Å². The smallest absolute Gasteiger partial charge is 0.222 e. The molecule has 0 radical (unpaired) electrons. The van der Waals surface area contributed by atoms with Crippen LogP contribution in [-0.4, -0.2) is 63.7 Å². The highest BCUT2D eigenvalue weighted by molar-refractivity contribution is 5.86. The molecule has 0 saturated heterocycles. The van der Waals surface area contributed by atoms with Gasteiger partial charge in [-0.25, -0.2) is 4.98 Å². The van der Waals surface area contributed by atoms with Crippen molar-refractivity contribution in [3.8, 4) is 5.75 Å². The van der Waals surface area contributed by atoms with Crippen molar-refractivity contribution in [1.82, 2.24) is 30.0 Å². The molecule has 0 bridgehead atoms. The Morgan fingerprint density at radius 1 is 1.30 bits per heavy atom. The summed E-state index contributed by atoms with van der Waals surface area (Å²) in [5.74, 6) is 1.59. The highest BCUT2D eigenvalue weighted by atomic mass is 16.5. The van der Waals surface area contributed by atoms with Crippen LogP contribution in [0.3, 0.4) is 0 Å². The van der Waals surface area contributed by atoms with Crippen molar-refractivity contribution >= 4 is 22.8 Å². The molecule has 162 valence electrons. The minimum absolute atomic E-state index is 0.0255. The summed E-state index contributed by atoms with van der Waals surface area (Å²) in [6.45, 7) is 4.51. The summed E-state index contributed by atoms with van der Waals surface area (Å²) in [6.07, 6.45) is 5.66. The van der Waals surface area contributed by atoms with Gasteiger partial charge in [0.2, 0.25) is 5.95 Å². The zero-order valence-corrected chi connectivity index (χ0v) is 17.8. The molecule has 0 aliphatic carbocycles. The molecule has 0 unspecified atom stereocenters. The molecule has 10 nitrogen and oxygen atoms in total. The van der Waals surface area contributed by atoms with Crippen LogP contribution in [-0.2, 0) is 13.1 Å². The Morgan fingerprint density at radius 3 is 2.83 bits per heavy atom. The van der Waals surface area contributed by atoms with E-state index in [4.69, 9.17) is 15.6 Å². The molecule has 3 aromatic rings. The molecule has 0 amide bonds. The first kappa shape index (κ1) is 21.7. The predicted molar refractivity (Wildman–Crippen MR) is 117 cm³/mol. The van der Waals surface area contributed by atoms with E-state index < -0.39 is 0 Å². The highest BCUT2D eigenvalue weighted by Gasteiger charge is 2.17. The normalized spacial score (nSPS) is 11.2. The van der Waals surface area contributed by atoms with Gasteiger partial charge in [0.15, 0.2) is 11.3 Å². The monoisotopic (exact) mass is 414 g/mol. The fourth-order valence-electron chi connectivity index (χ4n) is 3.32. The first-order valence-corrected chi connectivity index (χ1v) is 10.1. The highest BCUT2D eigenvalue weighted by Crippen LogP contribution is 2.25. The second-order valence-electron chi connectivity index (χ2n) is 7.05. The number of aliphatic hydroxyl groups excluding tert-OH is 1. The number of rotatable bonds is 11. The van der Waals surface area contributed by atoms with E-state index in [1.807, 2.05) is 24.2 Å². The summed E-state index contributed by atoms with van der Waals surface area (Å²) < 4.78 is 7.33. The third-order valence-corrected chi connectivity index (χ3v) is 4.77. The molecule has 3 heterocycles. The fourth-order valence-corrected chi connectivity index (χ4v) is 3.32. The average Bonchev–Trinajstić information content (AvgIpc) is 3.14. The van der Waals surface area contributed by atoms with Crippen LogP contribution < -0.4 is 20.7 Å². The van der Waals surface area contributed by atoms with Crippen molar-refractivity contribution < 1.29 is 9.84 Å². The van der Waals surface area contributed by atoms with E-state index in [2.05, 4.69) is 27.2 Å². The van der Waals surface area contributed by atoms with Crippen molar-refractivity contribution in [1.29, 1.82) is 0 Å². The summed E-state index contributed by atoms with van der Waals surface area (Å²) in [4.78, 5) is 15.2. The summed E-state index contributed by atoms with van der Waals surface area (Å²) >= 11 is 0. The maximum atomic E-state index is 9.49. The van der Waals surface area contributed by atoms with E-state index in [0.29, 0.717) is 36.5 Å². The Morgan fingerprint density at radius 2 is 2.13 bits per heavy atom. The Labute approximate surface area is 176 Å². The van der Waals surface area contributed by atoms with Crippen molar-refractivity contribution in [2.75, 3.05) is 44.5 Å². The predicted octanol–water partition coefficient (Wildman–Crippen LogP) is 1.18. The van der Waals surface area contributed by atoms with E-state index in [-0.39, 0.29) is 12.6 Å². The molecule has 10 heteroatoms. The number of hydrogen-bond donors (Lipinski definition) is 3. The van der Waals surface area contributed by atoms with Gasteiger partial charge in [0.25, 0.3) is 0 Å². The molecular weight excluding hydrogens is 384 g/mol. The number of hydrogen-bond acceptors (Lipinski definition) is 9. The van der Waals surface area contributed by atoms with Gasteiger partial charge < -0.3 is 25.8 Å². The summed E-state index contributed by atoms with van der Waals surface area (Å²) in [5, 5.41) is 17.3. The fraction of sp³-hybridized carbons (Fsp3) is 0.500. The largest absolute Gasteiger partial charge is 0.496 e. The zero-order chi connectivity index (χ0) is 21.5. The quantitative estimate of drug-likeness (QED) is 0.424. The van der Waals surface area contributed by atoms with Crippen LogP contribution in [0.1, 0.15) is 31.0 Å². The molecule has 3 aromatic heterocycles. The molecule has 0 fully saturated rings. The van der Waals surface area contributed by atoms with Gasteiger partial charge in [0.1, 0.15) is 11.3 Å². The number of methoxy groups -OCH3 is 1. The van der Waals surface area contributed by atoms with Gasteiger partial charge in [-0.1, -0.05) is 13.3 Å². The molecule has 0 spiro atoms. The molecule has 0 aliphatic heterocycles. The van der Waals surface area contributed by atoms with Gasteiger partial charge in [-0.05, 0) is 13.5 Å². The second-order valence-corrected chi connectivity index (χ2v) is 7.05. The number of aliphatic hydroxyl groups is 1. The maximum absolute atomic E-state index is 9.49. The first-order chi connectivity index (χ1) is 14.6. The minimum atomic E-state index is 0.0255. The lowest BCUT2D eigenvalue weighted by atomic mass is 10.2. The van der Waals surface area contributed by atoms with Crippen LogP contribution in [0.25, 0.3) is 11.0 Å². The van der Waals surface area contributed by atoms with E-state index >= 15 is 0 Å². The van der Waals surface area contributed by atoms with E-state index in [1.54, 1.807) is 18.0 Å². The van der Waals surface area contributed by atoms with Crippen molar-refractivity contribution in [2.45, 2.75) is 32.9 Å². The number of anilines is 2. The number of nitrogen functional groups attached to an aromatic ring is 1. The van der Waals surface area contributed by atoms with Gasteiger partial charge in [-0.15, -0.1) is 0 Å². The molecule has 0 aliphatic rings. The lowest BCUT2D eigenvalue weighted by Crippen LogP contribution is -2.29. The van der Waals surface area contributed by atoms with Crippen LogP contribution in [0.5, 0.6) is 5.75 Å². The molecule has 30 heavy (non-hydrogen) atoms. The van der Waals surface area contributed by atoms with Crippen LogP contribution >= 0.6 is 0 Å². The molecule has 0 atom stereocenters. The second kappa shape index (κ2) is 10.2. The number of nitrogens with one attached hydrogen (secondary N) is 1. The molecule has 0 aromatic carbocycles. The number of aromatic nitrogens is 5. The number of pyridine rings is 1. The van der Waals surface area contributed by atoms with E-state index in [1.165, 1.54) is 0 Å². The summed E-state index contributed by atoms with van der Waals surface area (Å²) in [5.41, 5.74) is 9.09. The SMILES string of the molecule is CCCCN(CCO)c1nc(N)nc2cn(Cc3cnc(CNC)cc3OC)nc12. The third kappa shape index (κ3) is 4.95. The van der Waals surface area contributed by atoms with Gasteiger partial charge in [-0.3, -0.25) is 9.67 Å². The third-order valence-electron chi connectivity index (χ3n) is 4.77. The number of nitrogens with zero attached hydrogens (tertiary/aromatic N) is 6. The maximum Gasteiger partial charge on any atom is 0.222 e. The minimum Gasteiger partial charge on any atom is -0.496 e. The lowest BCUT2D eigenvalue weighted by Gasteiger charge is -2.22. The molecule has 3 rings (SSSR count). The molecular formula is C20H30N8O2. The Balaban J connectivity index is 1.95. The van der Waals surface area contributed by atoms with Crippen molar-refractivity contribution in [2.24, 2.45) is 0 Å². The van der Waals surface area contributed by atoms with E-state index in [9.17, 15) is 5.11 Å². The summed E-state index contributed by atoms with van der Waals surface area (Å²) in [7, 11) is 3.52. The van der Waals surface area contributed by atoms with Gasteiger partial charge in [0.05, 0.1) is 32.2 Å². The Bertz CT molecular complexity index is 975. The van der Waals surface area contributed by atoms with Gasteiger partial charge in [0, 0.05) is 37.5 Å². The number of unbranched alkanes of at least 4 members (excludes halogenated alkanes) is 1. The molecule has 0 saturated carbocycles. The standard InChI is InChI=1S/C20H30N8O2/c1-4-5-6-27(7-8-29)19-18-16(24-20(21)25-19)13-28(26-18)12-14-10-23-15(11-22-2)9-17(14)30-3/h9-10,13,22,29H,4-8,11-12H2,1-3H3,(H2,21,24). The Kier molecular flexibility index (Phi) is 7.36. The number of ether oxygens (including phenoxy) is 1. The zero-order valence-electron chi connectivity index (χ0n) is 17.8. The summed E-state index contributed by atoms with van der Waals surface area (Å²) in [6, 6.07) is 1.92. The molecule has 4 N–H and O–H groups in total. The van der Waals surface area contributed by atoms with Crippen LogP contribution in [0.2, 0.25) is 0 Å². The van der Waals surface area contributed by atoms with E-state index in [0.717, 1.165) is 36.4 Å². The topological polar surface area (TPSA) is 127 Å². The van der Waals surface area contributed by atoms with Gasteiger partial charge in [-0.2, -0.15) is 10.1 Å².